The second kappa shape index (κ2) is 7.56. The third-order valence-corrected chi connectivity index (χ3v) is 4.64. The highest BCUT2D eigenvalue weighted by atomic mass is 16.5. The first-order chi connectivity index (χ1) is 13.6. The molecule has 0 atom stereocenters. The molecule has 0 spiro atoms. The molecule has 3 aromatic carbocycles. The first-order valence-electron chi connectivity index (χ1n) is 9.09. The first-order valence-corrected chi connectivity index (χ1v) is 9.09. The number of hydrogen-bond acceptors (Lipinski definition) is 3. The molecule has 0 unspecified atom stereocenters. The van der Waals surface area contributed by atoms with E-state index in [0.717, 1.165) is 11.1 Å². The van der Waals surface area contributed by atoms with E-state index in [0.29, 0.717) is 35.7 Å². The zero-order valence-corrected chi connectivity index (χ0v) is 15.5. The SMILES string of the molecule is Cc1cccc(COc2cccc(C(=O)Nc3ccc4c(c3)C(=O)NC4)c2)c1. The summed E-state index contributed by atoms with van der Waals surface area (Å²) in [6, 6.07) is 20.5. The average Bonchev–Trinajstić information content (AvgIpc) is 3.07. The quantitative estimate of drug-likeness (QED) is 0.709. The lowest BCUT2D eigenvalue weighted by Gasteiger charge is -2.10. The molecule has 5 nitrogen and oxygen atoms in total. The normalized spacial score (nSPS) is 12.2. The molecule has 4 rings (SSSR count). The number of carbonyl (C=O) groups is 2. The lowest BCUT2D eigenvalue weighted by atomic mass is 10.1. The van der Waals surface area contributed by atoms with E-state index in [-0.39, 0.29) is 11.8 Å². The molecule has 1 heterocycles. The lowest BCUT2D eigenvalue weighted by molar-refractivity contribution is 0.0964. The fourth-order valence-electron chi connectivity index (χ4n) is 3.19. The molecule has 28 heavy (non-hydrogen) atoms. The van der Waals surface area contributed by atoms with Gasteiger partial charge in [0.25, 0.3) is 11.8 Å². The van der Waals surface area contributed by atoms with Gasteiger partial charge in [-0.25, -0.2) is 0 Å². The summed E-state index contributed by atoms with van der Waals surface area (Å²) in [5, 5.41) is 5.61. The molecule has 1 aliphatic rings. The van der Waals surface area contributed by atoms with Gasteiger partial charge >= 0.3 is 0 Å². The van der Waals surface area contributed by atoms with Crippen LogP contribution in [-0.4, -0.2) is 11.8 Å². The van der Waals surface area contributed by atoms with Crippen molar-refractivity contribution in [2.24, 2.45) is 0 Å². The summed E-state index contributed by atoms with van der Waals surface area (Å²) < 4.78 is 5.83. The molecule has 0 fully saturated rings. The number of rotatable bonds is 5. The van der Waals surface area contributed by atoms with E-state index >= 15 is 0 Å². The Hall–Kier alpha value is -3.60. The second-order valence-electron chi connectivity index (χ2n) is 6.81. The van der Waals surface area contributed by atoms with Crippen molar-refractivity contribution in [2.45, 2.75) is 20.1 Å². The van der Waals surface area contributed by atoms with Crippen molar-refractivity contribution in [1.82, 2.24) is 5.32 Å². The minimum absolute atomic E-state index is 0.113. The van der Waals surface area contributed by atoms with Gasteiger partial charge in [-0.15, -0.1) is 0 Å². The maximum Gasteiger partial charge on any atom is 0.255 e. The predicted molar refractivity (Wildman–Crippen MR) is 108 cm³/mol. The molecule has 1 aliphatic heterocycles. The van der Waals surface area contributed by atoms with E-state index in [1.54, 1.807) is 30.3 Å². The van der Waals surface area contributed by atoms with Gasteiger partial charge in [0.1, 0.15) is 12.4 Å². The Labute approximate surface area is 163 Å². The van der Waals surface area contributed by atoms with Crippen LogP contribution < -0.4 is 15.4 Å². The smallest absolute Gasteiger partial charge is 0.255 e. The summed E-state index contributed by atoms with van der Waals surface area (Å²) in [4.78, 5) is 24.4. The number of nitrogens with one attached hydrogen (secondary N) is 2. The first kappa shape index (κ1) is 17.8. The Morgan fingerprint density at radius 2 is 1.93 bits per heavy atom. The molecule has 140 valence electrons. The highest BCUT2D eigenvalue weighted by Gasteiger charge is 2.19. The number of aryl methyl sites for hydroxylation is 1. The van der Waals surface area contributed by atoms with Gasteiger partial charge in [-0.1, -0.05) is 42.0 Å². The fraction of sp³-hybridized carbons (Fsp3) is 0.130. The third-order valence-electron chi connectivity index (χ3n) is 4.64. The van der Waals surface area contributed by atoms with Crippen molar-refractivity contribution in [1.29, 1.82) is 0 Å². The van der Waals surface area contributed by atoms with Crippen LogP contribution in [0.2, 0.25) is 0 Å². The van der Waals surface area contributed by atoms with E-state index < -0.39 is 0 Å². The van der Waals surface area contributed by atoms with Crippen LogP contribution in [0, 0.1) is 6.92 Å². The maximum atomic E-state index is 12.6. The van der Waals surface area contributed by atoms with Crippen LogP contribution >= 0.6 is 0 Å². The van der Waals surface area contributed by atoms with Crippen molar-refractivity contribution in [3.63, 3.8) is 0 Å². The van der Waals surface area contributed by atoms with E-state index in [9.17, 15) is 9.59 Å². The molecular formula is C23H20N2O3. The van der Waals surface area contributed by atoms with E-state index in [1.165, 1.54) is 5.56 Å². The van der Waals surface area contributed by atoms with Crippen molar-refractivity contribution < 1.29 is 14.3 Å². The second-order valence-corrected chi connectivity index (χ2v) is 6.81. The Morgan fingerprint density at radius 3 is 2.79 bits per heavy atom. The Balaban J connectivity index is 1.44. The average molecular weight is 372 g/mol. The molecule has 0 bridgehead atoms. The summed E-state index contributed by atoms with van der Waals surface area (Å²) in [6.07, 6.45) is 0. The summed E-state index contributed by atoms with van der Waals surface area (Å²) in [6.45, 7) is 3.01. The summed E-state index contributed by atoms with van der Waals surface area (Å²) >= 11 is 0. The molecule has 0 saturated heterocycles. The van der Waals surface area contributed by atoms with Crippen LogP contribution in [0.4, 0.5) is 5.69 Å². The molecule has 0 saturated carbocycles. The molecule has 0 aromatic heterocycles. The number of hydrogen-bond donors (Lipinski definition) is 2. The predicted octanol–water partition coefficient (Wildman–Crippen LogP) is 4.07. The van der Waals surface area contributed by atoms with Gasteiger partial charge in [-0.2, -0.15) is 0 Å². The number of fused-ring (bicyclic) bond motifs is 1. The Kier molecular flexibility index (Phi) is 4.81. The molecule has 0 aliphatic carbocycles. The van der Waals surface area contributed by atoms with Crippen LogP contribution in [-0.2, 0) is 13.2 Å². The summed E-state index contributed by atoms with van der Waals surface area (Å²) in [5.74, 6) is 0.263. The van der Waals surface area contributed by atoms with Crippen molar-refractivity contribution in [3.8, 4) is 5.75 Å². The monoisotopic (exact) mass is 372 g/mol. The minimum Gasteiger partial charge on any atom is -0.489 e. The standard InChI is InChI=1S/C23H20N2O3/c1-15-4-2-5-16(10-15)14-28-20-7-3-6-17(11-20)22(26)25-19-9-8-18-13-24-23(27)21(18)12-19/h2-12H,13-14H2,1H3,(H,24,27)(H,25,26). The van der Waals surface area contributed by atoms with Crippen LogP contribution in [0.15, 0.2) is 66.7 Å². The lowest BCUT2D eigenvalue weighted by Crippen LogP contribution is -2.14. The summed E-state index contributed by atoms with van der Waals surface area (Å²) in [7, 11) is 0. The van der Waals surface area contributed by atoms with Gasteiger partial charge in [-0.05, 0) is 48.4 Å². The molecule has 5 heteroatoms. The number of carbonyl (C=O) groups excluding carboxylic acids is 2. The van der Waals surface area contributed by atoms with E-state index in [2.05, 4.69) is 16.7 Å². The highest BCUT2D eigenvalue weighted by molar-refractivity contribution is 6.06. The van der Waals surface area contributed by atoms with Gasteiger partial charge in [0, 0.05) is 23.4 Å². The van der Waals surface area contributed by atoms with Gasteiger partial charge in [0.15, 0.2) is 0 Å². The largest absolute Gasteiger partial charge is 0.489 e. The topological polar surface area (TPSA) is 67.4 Å². The van der Waals surface area contributed by atoms with Crippen LogP contribution in [0.25, 0.3) is 0 Å². The van der Waals surface area contributed by atoms with Crippen molar-refractivity contribution in [2.75, 3.05) is 5.32 Å². The molecule has 2 amide bonds. The van der Waals surface area contributed by atoms with Gasteiger partial charge in [0.2, 0.25) is 0 Å². The molecule has 2 N–H and O–H groups in total. The zero-order valence-electron chi connectivity index (χ0n) is 15.5. The van der Waals surface area contributed by atoms with Crippen LogP contribution in [0.3, 0.4) is 0 Å². The Morgan fingerprint density at radius 1 is 1.07 bits per heavy atom. The highest BCUT2D eigenvalue weighted by Crippen LogP contribution is 2.21. The molecule has 0 radical (unpaired) electrons. The van der Waals surface area contributed by atoms with E-state index in [1.807, 2.05) is 37.3 Å². The minimum atomic E-state index is -0.251. The fourth-order valence-corrected chi connectivity index (χ4v) is 3.19. The van der Waals surface area contributed by atoms with Crippen molar-refractivity contribution in [3.05, 3.63) is 94.5 Å². The van der Waals surface area contributed by atoms with Gasteiger partial charge < -0.3 is 15.4 Å². The van der Waals surface area contributed by atoms with Gasteiger partial charge in [-0.3, -0.25) is 9.59 Å². The number of benzene rings is 3. The zero-order chi connectivity index (χ0) is 19.5. The molecule has 3 aromatic rings. The Bertz CT molecular complexity index is 1060. The molecular weight excluding hydrogens is 352 g/mol. The van der Waals surface area contributed by atoms with E-state index in [4.69, 9.17) is 4.74 Å². The van der Waals surface area contributed by atoms with Crippen LogP contribution in [0.1, 0.15) is 37.4 Å². The maximum absolute atomic E-state index is 12.6. The number of ether oxygens (including phenoxy) is 1. The number of anilines is 1. The third kappa shape index (κ3) is 3.88. The number of amides is 2. The van der Waals surface area contributed by atoms with Crippen molar-refractivity contribution >= 4 is 17.5 Å². The van der Waals surface area contributed by atoms with Gasteiger partial charge in [0.05, 0.1) is 0 Å². The summed E-state index contributed by atoms with van der Waals surface area (Å²) in [5.41, 5.74) is 4.88. The van der Waals surface area contributed by atoms with Crippen LogP contribution in [0.5, 0.6) is 5.75 Å².